The first-order valence-electron chi connectivity index (χ1n) is 11.5. The van der Waals surface area contributed by atoms with Crippen LogP contribution in [0.5, 0.6) is 11.5 Å². The van der Waals surface area contributed by atoms with Crippen LogP contribution >= 0.6 is 0 Å². The lowest BCUT2D eigenvalue weighted by Crippen LogP contribution is -2.22. The number of fused-ring (bicyclic) bond motifs is 1. The van der Waals surface area contributed by atoms with Gasteiger partial charge in [-0.1, -0.05) is 30.3 Å². The van der Waals surface area contributed by atoms with Gasteiger partial charge in [-0.3, -0.25) is 9.59 Å². The standard InChI is InChI=1S/C29H28O4/c1-18-4-5-20(15-27(31)29(11-12-29)23-6-8-24(32-3)9-7-23)14-25(18)22-16-21-10-13-33-28(21)26(17-22)19(2)30/h4-9,14,16-17H,10-13,15H2,1-3H3. The highest BCUT2D eigenvalue weighted by Crippen LogP contribution is 2.50. The molecule has 5 rings (SSSR count). The lowest BCUT2D eigenvalue weighted by Gasteiger charge is -2.16. The van der Waals surface area contributed by atoms with Crippen molar-refractivity contribution in [1.29, 1.82) is 0 Å². The summed E-state index contributed by atoms with van der Waals surface area (Å²) in [6, 6.07) is 18.2. The van der Waals surface area contributed by atoms with Gasteiger partial charge in [-0.15, -0.1) is 0 Å². The molecule has 2 aliphatic rings. The second-order valence-corrected chi connectivity index (χ2v) is 9.23. The van der Waals surface area contributed by atoms with E-state index < -0.39 is 0 Å². The first-order valence-corrected chi connectivity index (χ1v) is 11.5. The van der Waals surface area contributed by atoms with Gasteiger partial charge in [0.25, 0.3) is 0 Å². The Hall–Kier alpha value is -3.40. The van der Waals surface area contributed by atoms with Crippen molar-refractivity contribution in [2.75, 3.05) is 13.7 Å². The minimum atomic E-state index is -0.371. The quantitative estimate of drug-likeness (QED) is 0.446. The molecule has 1 saturated carbocycles. The molecule has 0 radical (unpaired) electrons. The summed E-state index contributed by atoms with van der Waals surface area (Å²) in [4.78, 5) is 25.6. The summed E-state index contributed by atoms with van der Waals surface area (Å²) in [5.74, 6) is 1.80. The minimum absolute atomic E-state index is 0.00847. The number of ketones is 2. The Labute approximate surface area is 194 Å². The van der Waals surface area contributed by atoms with E-state index in [1.54, 1.807) is 14.0 Å². The number of benzene rings is 3. The Morgan fingerprint density at radius 3 is 2.45 bits per heavy atom. The normalized spacial score (nSPS) is 15.5. The molecule has 168 valence electrons. The number of rotatable bonds is 7. The Morgan fingerprint density at radius 1 is 1.03 bits per heavy atom. The minimum Gasteiger partial charge on any atom is -0.497 e. The summed E-state index contributed by atoms with van der Waals surface area (Å²) < 4.78 is 11.0. The summed E-state index contributed by atoms with van der Waals surface area (Å²) in [7, 11) is 1.65. The van der Waals surface area contributed by atoms with E-state index in [-0.39, 0.29) is 17.0 Å². The second-order valence-electron chi connectivity index (χ2n) is 9.23. The number of hydrogen-bond acceptors (Lipinski definition) is 4. The van der Waals surface area contributed by atoms with Gasteiger partial charge in [0, 0.05) is 12.8 Å². The predicted octanol–water partition coefficient (Wildman–Crippen LogP) is 5.65. The number of aryl methyl sites for hydroxylation is 1. The van der Waals surface area contributed by atoms with E-state index >= 15 is 0 Å². The zero-order valence-electron chi connectivity index (χ0n) is 19.4. The van der Waals surface area contributed by atoms with E-state index in [0.29, 0.717) is 18.6 Å². The monoisotopic (exact) mass is 440 g/mol. The van der Waals surface area contributed by atoms with Crippen LogP contribution in [0.15, 0.2) is 54.6 Å². The first-order chi connectivity index (χ1) is 15.9. The average Bonchev–Trinajstić information content (AvgIpc) is 3.50. The first kappa shape index (κ1) is 21.4. The van der Waals surface area contributed by atoms with Gasteiger partial charge in [-0.25, -0.2) is 0 Å². The third-order valence-corrected chi connectivity index (χ3v) is 7.07. The molecule has 0 atom stereocenters. The fraction of sp³-hybridized carbons (Fsp3) is 0.310. The summed E-state index contributed by atoms with van der Waals surface area (Å²) in [5, 5.41) is 0. The van der Waals surface area contributed by atoms with Crippen molar-refractivity contribution in [3.63, 3.8) is 0 Å². The smallest absolute Gasteiger partial charge is 0.163 e. The molecule has 1 aliphatic heterocycles. The van der Waals surface area contributed by atoms with Gasteiger partial charge >= 0.3 is 0 Å². The van der Waals surface area contributed by atoms with E-state index in [0.717, 1.165) is 64.1 Å². The highest BCUT2D eigenvalue weighted by atomic mass is 16.5. The SMILES string of the molecule is COc1ccc(C2(C(=O)Cc3ccc(C)c(-c4cc5c(c(C(C)=O)c4)OCC5)c3)CC2)cc1. The fourth-order valence-electron chi connectivity index (χ4n) is 4.93. The maximum atomic E-state index is 13.4. The average molecular weight is 441 g/mol. The highest BCUT2D eigenvalue weighted by Gasteiger charge is 2.50. The molecule has 0 N–H and O–H groups in total. The van der Waals surface area contributed by atoms with Crippen molar-refractivity contribution < 1.29 is 19.1 Å². The molecule has 0 unspecified atom stereocenters. The van der Waals surface area contributed by atoms with Crippen molar-refractivity contribution >= 4 is 11.6 Å². The van der Waals surface area contributed by atoms with E-state index in [2.05, 4.69) is 25.1 Å². The van der Waals surface area contributed by atoms with Gasteiger partial charge in [0.2, 0.25) is 0 Å². The van der Waals surface area contributed by atoms with E-state index in [1.165, 1.54) is 0 Å². The molecule has 0 bridgehead atoms. The summed E-state index contributed by atoms with van der Waals surface area (Å²) in [6.07, 6.45) is 2.99. The number of hydrogen-bond donors (Lipinski definition) is 0. The van der Waals surface area contributed by atoms with Crippen LogP contribution in [0.1, 0.15) is 52.4 Å². The van der Waals surface area contributed by atoms with E-state index in [9.17, 15) is 9.59 Å². The zero-order chi connectivity index (χ0) is 23.2. The number of ether oxygens (including phenoxy) is 2. The number of Topliss-reactive ketones (excluding diaryl/α,β-unsaturated/α-hetero) is 2. The molecule has 1 heterocycles. The maximum absolute atomic E-state index is 13.4. The van der Waals surface area contributed by atoms with Crippen molar-refractivity contribution in [3.8, 4) is 22.6 Å². The van der Waals surface area contributed by atoms with Gasteiger partial charge in [-0.05, 0) is 84.3 Å². The molecule has 4 nitrogen and oxygen atoms in total. The molecular weight excluding hydrogens is 412 g/mol. The largest absolute Gasteiger partial charge is 0.497 e. The fourth-order valence-corrected chi connectivity index (χ4v) is 4.93. The number of carbonyl (C=O) groups is 2. The van der Waals surface area contributed by atoms with Crippen molar-refractivity contribution in [2.45, 2.75) is 44.9 Å². The van der Waals surface area contributed by atoms with Crippen LogP contribution in [0, 0.1) is 6.92 Å². The molecular formula is C29H28O4. The van der Waals surface area contributed by atoms with Crippen LogP contribution < -0.4 is 9.47 Å². The van der Waals surface area contributed by atoms with Crippen molar-refractivity contribution in [3.05, 3.63) is 82.4 Å². The van der Waals surface area contributed by atoms with Crippen LogP contribution in [-0.2, 0) is 23.1 Å². The molecule has 3 aromatic rings. The summed E-state index contributed by atoms with van der Waals surface area (Å²) in [5.41, 5.74) is 6.61. The van der Waals surface area contributed by atoms with Crippen molar-refractivity contribution in [1.82, 2.24) is 0 Å². The summed E-state index contributed by atoms with van der Waals surface area (Å²) >= 11 is 0. The number of carbonyl (C=O) groups excluding carboxylic acids is 2. The number of methoxy groups -OCH3 is 1. The third kappa shape index (κ3) is 3.84. The maximum Gasteiger partial charge on any atom is 0.163 e. The molecule has 4 heteroatoms. The topological polar surface area (TPSA) is 52.6 Å². The molecule has 0 saturated heterocycles. The second kappa shape index (κ2) is 8.18. The summed E-state index contributed by atoms with van der Waals surface area (Å²) in [6.45, 7) is 4.26. The molecule has 0 spiro atoms. The van der Waals surface area contributed by atoms with Crippen molar-refractivity contribution in [2.24, 2.45) is 0 Å². The molecule has 3 aromatic carbocycles. The zero-order valence-corrected chi connectivity index (χ0v) is 19.4. The molecule has 0 aromatic heterocycles. The lowest BCUT2D eigenvalue weighted by atomic mass is 9.86. The Balaban J connectivity index is 1.45. The molecule has 33 heavy (non-hydrogen) atoms. The highest BCUT2D eigenvalue weighted by molar-refractivity contribution is 5.99. The van der Waals surface area contributed by atoms with Gasteiger partial charge in [-0.2, -0.15) is 0 Å². The lowest BCUT2D eigenvalue weighted by molar-refractivity contribution is -0.120. The van der Waals surface area contributed by atoms with Crippen LogP contribution in [0.3, 0.4) is 0 Å². The molecule has 1 fully saturated rings. The van der Waals surface area contributed by atoms with Crippen LogP contribution in [-0.4, -0.2) is 25.3 Å². The van der Waals surface area contributed by atoms with Crippen LogP contribution in [0.2, 0.25) is 0 Å². The van der Waals surface area contributed by atoms with Gasteiger partial charge in [0.1, 0.15) is 17.3 Å². The van der Waals surface area contributed by atoms with Crippen LogP contribution in [0.25, 0.3) is 11.1 Å². The van der Waals surface area contributed by atoms with Gasteiger partial charge in [0.15, 0.2) is 5.78 Å². The molecule has 1 aliphatic carbocycles. The Bertz CT molecular complexity index is 1250. The Morgan fingerprint density at radius 2 is 1.79 bits per heavy atom. The van der Waals surface area contributed by atoms with E-state index in [4.69, 9.17) is 9.47 Å². The molecule has 0 amide bonds. The predicted molar refractivity (Wildman–Crippen MR) is 128 cm³/mol. The van der Waals surface area contributed by atoms with E-state index in [1.807, 2.05) is 36.4 Å². The van der Waals surface area contributed by atoms with Crippen LogP contribution in [0.4, 0.5) is 0 Å². The Kier molecular flexibility index (Phi) is 5.32. The third-order valence-electron chi connectivity index (χ3n) is 7.07. The van der Waals surface area contributed by atoms with Gasteiger partial charge in [0.05, 0.1) is 24.7 Å². The van der Waals surface area contributed by atoms with Gasteiger partial charge < -0.3 is 9.47 Å².